The van der Waals surface area contributed by atoms with E-state index in [0.717, 1.165) is 45.0 Å². The van der Waals surface area contributed by atoms with Crippen molar-refractivity contribution in [3.63, 3.8) is 0 Å². The summed E-state index contributed by atoms with van der Waals surface area (Å²) in [5, 5.41) is 8.21. The molecule has 2 aromatic rings. The molecule has 0 unspecified atom stereocenters. The van der Waals surface area contributed by atoms with E-state index < -0.39 is 0 Å². The third-order valence-electron chi connectivity index (χ3n) is 4.03. The number of aromatic nitrogens is 5. The van der Waals surface area contributed by atoms with E-state index in [1.54, 1.807) is 12.7 Å². The summed E-state index contributed by atoms with van der Waals surface area (Å²) in [5.41, 5.74) is 0.814. The van der Waals surface area contributed by atoms with Crippen LogP contribution in [0.5, 0.6) is 0 Å². The number of carbonyl (C=O) groups is 1. The second-order valence-electron chi connectivity index (χ2n) is 5.93. The van der Waals surface area contributed by atoms with Gasteiger partial charge in [0.1, 0.15) is 17.5 Å². The van der Waals surface area contributed by atoms with Crippen molar-refractivity contribution in [3.05, 3.63) is 23.2 Å². The van der Waals surface area contributed by atoms with Crippen LogP contribution in [0.2, 0.25) is 0 Å². The quantitative estimate of drug-likeness (QED) is 0.801. The average molecular weight is 335 g/mol. The molecule has 2 aromatic heterocycles. The molecule has 1 fully saturated rings. The van der Waals surface area contributed by atoms with E-state index in [2.05, 4.69) is 24.6 Å². The maximum Gasteiger partial charge on any atom is 0.267 e. The first-order valence-electron chi connectivity index (χ1n) is 7.81. The third-order valence-corrected chi connectivity index (χ3v) is 4.76. The lowest BCUT2D eigenvalue weighted by molar-refractivity contribution is 0.0635. The summed E-state index contributed by atoms with van der Waals surface area (Å²) in [5.74, 6) is 0.288. The van der Waals surface area contributed by atoms with Crippen LogP contribution < -0.4 is 0 Å². The van der Waals surface area contributed by atoms with Gasteiger partial charge in [0.25, 0.3) is 5.91 Å². The normalized spacial score (nSPS) is 16.2. The summed E-state index contributed by atoms with van der Waals surface area (Å²) in [6, 6.07) is 0. The molecule has 1 aliphatic heterocycles. The van der Waals surface area contributed by atoms with Crippen LogP contribution >= 0.6 is 11.5 Å². The second-order valence-corrected chi connectivity index (χ2v) is 6.69. The van der Waals surface area contributed by atoms with Crippen LogP contribution in [-0.2, 0) is 6.54 Å². The van der Waals surface area contributed by atoms with Gasteiger partial charge in [-0.2, -0.15) is 5.10 Å². The van der Waals surface area contributed by atoms with Gasteiger partial charge in [0.15, 0.2) is 0 Å². The van der Waals surface area contributed by atoms with Crippen LogP contribution in [0.25, 0.3) is 0 Å². The van der Waals surface area contributed by atoms with Gasteiger partial charge in [0.05, 0.1) is 12.2 Å². The number of carbonyl (C=O) groups excluding carboxylic acids is 1. The van der Waals surface area contributed by atoms with Crippen molar-refractivity contribution in [1.82, 2.24) is 34.2 Å². The van der Waals surface area contributed by atoms with Crippen LogP contribution in [0, 0.1) is 0 Å². The summed E-state index contributed by atoms with van der Waals surface area (Å²) in [6.07, 6.45) is 3.27. The second kappa shape index (κ2) is 7.14. The van der Waals surface area contributed by atoms with E-state index in [1.165, 1.54) is 11.5 Å². The summed E-state index contributed by atoms with van der Waals surface area (Å²) in [6.45, 7) is 9.06. The number of piperazine rings is 1. The number of amides is 1. The van der Waals surface area contributed by atoms with E-state index in [9.17, 15) is 4.79 Å². The molecule has 0 bridgehead atoms. The molecule has 9 heteroatoms. The molecule has 0 N–H and O–H groups in total. The molecule has 0 radical (unpaired) electrons. The molecule has 1 saturated heterocycles. The molecule has 0 aliphatic carbocycles. The summed E-state index contributed by atoms with van der Waals surface area (Å²) >= 11 is 1.20. The largest absolute Gasteiger partial charge is 0.335 e. The Labute approximate surface area is 139 Å². The van der Waals surface area contributed by atoms with Gasteiger partial charge in [-0.1, -0.05) is 18.3 Å². The summed E-state index contributed by atoms with van der Waals surface area (Å²) in [7, 11) is 0. The van der Waals surface area contributed by atoms with Crippen LogP contribution in [0.15, 0.2) is 12.7 Å². The monoisotopic (exact) mass is 335 g/mol. The minimum Gasteiger partial charge on any atom is -0.335 e. The molecule has 8 nitrogen and oxygen atoms in total. The van der Waals surface area contributed by atoms with Crippen molar-refractivity contribution in [1.29, 1.82) is 0 Å². The van der Waals surface area contributed by atoms with Gasteiger partial charge in [0, 0.05) is 32.7 Å². The van der Waals surface area contributed by atoms with Crippen LogP contribution in [-0.4, -0.2) is 72.8 Å². The van der Waals surface area contributed by atoms with Crippen LogP contribution in [0.3, 0.4) is 0 Å². The van der Waals surface area contributed by atoms with E-state index in [4.69, 9.17) is 0 Å². The van der Waals surface area contributed by atoms with Crippen molar-refractivity contribution in [3.8, 4) is 0 Å². The Kier molecular flexibility index (Phi) is 4.97. The number of hydrogen-bond donors (Lipinski definition) is 0. The minimum atomic E-state index is 0.0691. The summed E-state index contributed by atoms with van der Waals surface area (Å²) in [4.78, 5) is 21.5. The van der Waals surface area contributed by atoms with Crippen molar-refractivity contribution in [2.45, 2.75) is 26.3 Å². The van der Waals surface area contributed by atoms with E-state index in [0.29, 0.717) is 4.88 Å². The Morgan fingerprint density at radius 3 is 2.70 bits per heavy atom. The lowest BCUT2D eigenvalue weighted by Crippen LogP contribution is -2.49. The number of hydrogen-bond acceptors (Lipinski definition) is 7. The van der Waals surface area contributed by atoms with Crippen molar-refractivity contribution < 1.29 is 4.79 Å². The fraction of sp³-hybridized carbons (Fsp3) is 0.643. The highest BCUT2D eigenvalue weighted by Gasteiger charge is 2.26. The molecule has 3 heterocycles. The average Bonchev–Trinajstić information content (AvgIpc) is 3.24. The topological polar surface area (TPSA) is 80.0 Å². The molecule has 23 heavy (non-hydrogen) atoms. The van der Waals surface area contributed by atoms with Gasteiger partial charge in [-0.3, -0.25) is 14.4 Å². The van der Waals surface area contributed by atoms with Crippen molar-refractivity contribution in [2.75, 3.05) is 32.7 Å². The van der Waals surface area contributed by atoms with Gasteiger partial charge in [-0.05, 0) is 17.5 Å². The zero-order chi connectivity index (χ0) is 16.2. The Bertz CT molecular complexity index is 631. The SMILES string of the molecule is CC(C)c1nnsc1C(=O)N1CCN(CCn2cncn2)CC1. The van der Waals surface area contributed by atoms with Gasteiger partial charge < -0.3 is 4.90 Å². The predicted octanol–water partition coefficient (Wildman–Crippen LogP) is 0.711. The van der Waals surface area contributed by atoms with Gasteiger partial charge >= 0.3 is 0 Å². The zero-order valence-corrected chi connectivity index (χ0v) is 14.2. The third kappa shape index (κ3) is 3.73. The fourth-order valence-corrected chi connectivity index (χ4v) is 3.42. The maximum absolute atomic E-state index is 12.7. The van der Waals surface area contributed by atoms with Crippen molar-refractivity contribution in [2.24, 2.45) is 0 Å². The Hall–Kier alpha value is -1.87. The molecular formula is C14H21N7OS. The highest BCUT2D eigenvalue weighted by atomic mass is 32.1. The molecule has 3 rings (SSSR count). The smallest absolute Gasteiger partial charge is 0.267 e. The highest BCUT2D eigenvalue weighted by Crippen LogP contribution is 2.21. The molecule has 124 valence electrons. The Morgan fingerprint density at radius 1 is 1.26 bits per heavy atom. The molecule has 0 atom stereocenters. The highest BCUT2D eigenvalue weighted by molar-refractivity contribution is 7.08. The van der Waals surface area contributed by atoms with Gasteiger partial charge in [-0.25, -0.2) is 4.98 Å². The fourth-order valence-electron chi connectivity index (χ4n) is 2.63. The standard InChI is InChI=1S/C14H21N7OS/c1-11(2)12-13(23-18-17-12)14(22)20-6-3-19(4-7-20)5-8-21-10-15-9-16-21/h9-11H,3-8H2,1-2H3. The first-order chi connectivity index (χ1) is 11.1. The molecule has 0 spiro atoms. The first-order valence-corrected chi connectivity index (χ1v) is 8.58. The Morgan fingerprint density at radius 2 is 2.04 bits per heavy atom. The van der Waals surface area contributed by atoms with Crippen LogP contribution in [0.1, 0.15) is 35.1 Å². The minimum absolute atomic E-state index is 0.0691. The van der Waals surface area contributed by atoms with Crippen molar-refractivity contribution >= 4 is 17.4 Å². The predicted molar refractivity (Wildman–Crippen MR) is 86.4 cm³/mol. The van der Waals surface area contributed by atoms with Gasteiger partial charge in [0.2, 0.25) is 0 Å². The van der Waals surface area contributed by atoms with E-state index >= 15 is 0 Å². The molecule has 0 saturated carbocycles. The number of rotatable bonds is 5. The number of nitrogens with zero attached hydrogens (tertiary/aromatic N) is 7. The molecule has 1 amide bonds. The first kappa shape index (κ1) is 16.0. The Balaban J connectivity index is 1.52. The lowest BCUT2D eigenvalue weighted by atomic mass is 10.1. The van der Waals surface area contributed by atoms with Crippen LogP contribution in [0.4, 0.5) is 0 Å². The summed E-state index contributed by atoms with van der Waals surface area (Å²) < 4.78 is 5.78. The zero-order valence-electron chi connectivity index (χ0n) is 13.4. The van der Waals surface area contributed by atoms with Gasteiger partial charge in [-0.15, -0.1) is 5.10 Å². The maximum atomic E-state index is 12.7. The van der Waals surface area contributed by atoms with E-state index in [1.807, 2.05) is 23.4 Å². The molecule has 1 aliphatic rings. The molecular weight excluding hydrogens is 314 g/mol. The molecule has 0 aromatic carbocycles. The lowest BCUT2D eigenvalue weighted by Gasteiger charge is -2.34. The van der Waals surface area contributed by atoms with E-state index in [-0.39, 0.29) is 11.8 Å².